The van der Waals surface area contributed by atoms with Crippen LogP contribution in [0.2, 0.25) is 0 Å². The maximum atomic E-state index is 12.7. The molecule has 0 saturated carbocycles. The van der Waals surface area contributed by atoms with E-state index >= 15 is 0 Å². The minimum Gasteiger partial charge on any atom is -0.482 e. The van der Waals surface area contributed by atoms with E-state index in [1.54, 1.807) is 30.1 Å². The number of rotatable bonds is 4. The van der Waals surface area contributed by atoms with Gasteiger partial charge in [0, 0.05) is 24.2 Å². The highest BCUT2D eigenvalue weighted by Crippen LogP contribution is 2.29. The van der Waals surface area contributed by atoms with Crippen LogP contribution in [0.4, 0.5) is 5.69 Å². The van der Waals surface area contributed by atoms with Crippen LogP contribution < -0.4 is 10.1 Å². The van der Waals surface area contributed by atoms with Crippen molar-refractivity contribution < 1.29 is 18.8 Å². The molecular weight excluding hydrogens is 346 g/mol. The van der Waals surface area contributed by atoms with E-state index in [1.807, 2.05) is 36.4 Å². The van der Waals surface area contributed by atoms with Gasteiger partial charge in [0.05, 0.1) is 12.2 Å². The molecule has 7 nitrogen and oxygen atoms in total. The summed E-state index contributed by atoms with van der Waals surface area (Å²) in [7, 11) is 1.69. The van der Waals surface area contributed by atoms with Gasteiger partial charge in [-0.15, -0.1) is 0 Å². The molecular formula is C20H17N3O4. The monoisotopic (exact) mass is 363 g/mol. The Bertz CT molecular complexity index is 997. The second kappa shape index (κ2) is 6.95. The summed E-state index contributed by atoms with van der Waals surface area (Å²) in [6, 6.07) is 16.5. The van der Waals surface area contributed by atoms with Gasteiger partial charge < -0.3 is 19.5 Å². The zero-order chi connectivity index (χ0) is 18.8. The number of nitrogens with one attached hydrogen (secondary N) is 1. The lowest BCUT2D eigenvalue weighted by molar-refractivity contribution is -0.118. The third-order valence-corrected chi connectivity index (χ3v) is 4.23. The van der Waals surface area contributed by atoms with Gasteiger partial charge in [0.2, 0.25) is 0 Å². The highest BCUT2D eigenvalue weighted by molar-refractivity contribution is 5.98. The summed E-state index contributed by atoms with van der Waals surface area (Å²) in [6.07, 6.45) is 0. The van der Waals surface area contributed by atoms with Crippen molar-refractivity contribution in [3.8, 4) is 17.0 Å². The van der Waals surface area contributed by atoms with Crippen LogP contribution in [-0.2, 0) is 11.3 Å². The number of hydrogen-bond acceptors (Lipinski definition) is 5. The summed E-state index contributed by atoms with van der Waals surface area (Å²) in [6.45, 7) is 0.230. The number of fused-ring (bicyclic) bond motifs is 1. The molecule has 2 heterocycles. The highest BCUT2D eigenvalue weighted by Gasteiger charge is 2.20. The average molecular weight is 363 g/mol. The van der Waals surface area contributed by atoms with Crippen molar-refractivity contribution in [2.45, 2.75) is 6.54 Å². The smallest absolute Gasteiger partial charge is 0.262 e. The molecule has 136 valence electrons. The van der Waals surface area contributed by atoms with Crippen molar-refractivity contribution in [3.05, 3.63) is 65.9 Å². The van der Waals surface area contributed by atoms with Gasteiger partial charge in [-0.05, 0) is 18.2 Å². The predicted octanol–water partition coefficient (Wildman–Crippen LogP) is 2.94. The molecule has 27 heavy (non-hydrogen) atoms. The van der Waals surface area contributed by atoms with Crippen LogP contribution in [0.15, 0.2) is 59.1 Å². The fourth-order valence-corrected chi connectivity index (χ4v) is 2.87. The quantitative estimate of drug-likeness (QED) is 0.770. The van der Waals surface area contributed by atoms with E-state index < -0.39 is 0 Å². The van der Waals surface area contributed by atoms with Crippen LogP contribution >= 0.6 is 0 Å². The fraction of sp³-hybridized carbons (Fsp3) is 0.150. The van der Waals surface area contributed by atoms with Crippen molar-refractivity contribution in [2.24, 2.45) is 0 Å². The van der Waals surface area contributed by atoms with Crippen LogP contribution in [0, 0.1) is 0 Å². The maximum Gasteiger partial charge on any atom is 0.262 e. The van der Waals surface area contributed by atoms with Crippen LogP contribution in [0.5, 0.6) is 5.75 Å². The van der Waals surface area contributed by atoms with Crippen molar-refractivity contribution in [1.29, 1.82) is 0 Å². The van der Waals surface area contributed by atoms with E-state index in [1.165, 1.54) is 0 Å². The topological polar surface area (TPSA) is 84.7 Å². The Morgan fingerprint density at radius 1 is 1.19 bits per heavy atom. The molecule has 0 bridgehead atoms. The summed E-state index contributed by atoms with van der Waals surface area (Å²) in [4.78, 5) is 25.6. The Hall–Kier alpha value is -3.61. The average Bonchev–Trinajstić information content (AvgIpc) is 3.16. The molecule has 0 aliphatic carbocycles. The Balaban J connectivity index is 1.47. The second-order valence-electron chi connectivity index (χ2n) is 6.25. The van der Waals surface area contributed by atoms with E-state index in [9.17, 15) is 9.59 Å². The van der Waals surface area contributed by atoms with E-state index in [2.05, 4.69) is 10.5 Å². The molecule has 0 spiro atoms. The highest BCUT2D eigenvalue weighted by atomic mass is 16.5. The molecule has 0 atom stereocenters. The Kier molecular flexibility index (Phi) is 4.33. The molecule has 7 heteroatoms. The third-order valence-electron chi connectivity index (χ3n) is 4.23. The Morgan fingerprint density at radius 3 is 2.81 bits per heavy atom. The van der Waals surface area contributed by atoms with Gasteiger partial charge in [0.25, 0.3) is 11.8 Å². The van der Waals surface area contributed by atoms with Gasteiger partial charge in [-0.2, -0.15) is 0 Å². The first kappa shape index (κ1) is 16.8. The van der Waals surface area contributed by atoms with Gasteiger partial charge in [-0.25, -0.2) is 0 Å². The number of anilines is 1. The molecule has 3 aromatic rings. The first-order chi connectivity index (χ1) is 13.1. The summed E-state index contributed by atoms with van der Waals surface area (Å²) in [5.41, 5.74) is 2.71. The number of hydrogen-bond donors (Lipinski definition) is 1. The lowest BCUT2D eigenvalue weighted by Gasteiger charge is -2.20. The van der Waals surface area contributed by atoms with Crippen molar-refractivity contribution in [1.82, 2.24) is 10.1 Å². The molecule has 0 unspecified atom stereocenters. The van der Waals surface area contributed by atoms with Crippen LogP contribution in [-0.4, -0.2) is 35.5 Å². The number of nitrogens with zero attached hydrogens (tertiary/aromatic N) is 2. The molecule has 0 saturated heterocycles. The number of aromatic nitrogens is 1. The number of ether oxygens (including phenoxy) is 1. The molecule has 4 rings (SSSR count). The minimum absolute atomic E-state index is 0.0548. The summed E-state index contributed by atoms with van der Waals surface area (Å²) >= 11 is 0. The predicted molar refractivity (Wildman–Crippen MR) is 98.3 cm³/mol. The van der Waals surface area contributed by atoms with Crippen LogP contribution in [0.1, 0.15) is 16.1 Å². The SMILES string of the molecule is CN(Cc1cc(-c2ccccc2)no1)C(=O)c1ccc2c(c1)OCC(=O)N2. The van der Waals surface area contributed by atoms with Gasteiger partial charge in [0.15, 0.2) is 12.4 Å². The largest absolute Gasteiger partial charge is 0.482 e. The lowest BCUT2D eigenvalue weighted by Crippen LogP contribution is -2.28. The normalized spacial score (nSPS) is 12.7. The summed E-state index contributed by atoms with van der Waals surface area (Å²) in [5.74, 6) is 0.681. The molecule has 1 aromatic heterocycles. The van der Waals surface area contributed by atoms with Gasteiger partial charge in [0.1, 0.15) is 11.4 Å². The van der Waals surface area contributed by atoms with Crippen molar-refractivity contribution in [2.75, 3.05) is 19.0 Å². The van der Waals surface area contributed by atoms with E-state index in [-0.39, 0.29) is 25.0 Å². The molecule has 0 fully saturated rings. The van der Waals surface area contributed by atoms with Crippen LogP contribution in [0.3, 0.4) is 0 Å². The van der Waals surface area contributed by atoms with Gasteiger partial charge in [-0.3, -0.25) is 9.59 Å². The van der Waals surface area contributed by atoms with Crippen molar-refractivity contribution in [3.63, 3.8) is 0 Å². The summed E-state index contributed by atoms with van der Waals surface area (Å²) < 4.78 is 10.7. The third kappa shape index (κ3) is 3.52. The first-order valence-electron chi connectivity index (χ1n) is 8.43. The van der Waals surface area contributed by atoms with Crippen molar-refractivity contribution >= 4 is 17.5 Å². The minimum atomic E-state index is -0.210. The Labute approximate surface area is 155 Å². The molecule has 1 N–H and O–H groups in total. The number of benzene rings is 2. The Morgan fingerprint density at radius 2 is 2.00 bits per heavy atom. The van der Waals surface area contributed by atoms with E-state index in [0.717, 1.165) is 11.3 Å². The standard InChI is InChI=1S/C20H17N3O4/c1-23(11-15-10-17(22-27-15)13-5-3-2-4-6-13)20(25)14-7-8-16-18(9-14)26-12-19(24)21-16/h2-10H,11-12H2,1H3,(H,21,24). The fourth-order valence-electron chi connectivity index (χ4n) is 2.87. The lowest BCUT2D eigenvalue weighted by atomic mass is 10.1. The molecule has 1 aliphatic rings. The van der Waals surface area contributed by atoms with Gasteiger partial charge in [-0.1, -0.05) is 35.5 Å². The van der Waals surface area contributed by atoms with E-state index in [0.29, 0.717) is 22.8 Å². The van der Waals surface area contributed by atoms with E-state index in [4.69, 9.17) is 9.26 Å². The number of amides is 2. The zero-order valence-corrected chi connectivity index (χ0v) is 14.6. The molecule has 0 radical (unpaired) electrons. The number of carbonyl (C=O) groups excluding carboxylic acids is 2. The maximum absolute atomic E-state index is 12.7. The van der Waals surface area contributed by atoms with Crippen LogP contribution in [0.25, 0.3) is 11.3 Å². The second-order valence-corrected chi connectivity index (χ2v) is 6.25. The molecule has 2 aromatic carbocycles. The number of carbonyl (C=O) groups is 2. The molecule has 2 amide bonds. The molecule has 1 aliphatic heterocycles. The zero-order valence-electron chi connectivity index (χ0n) is 14.6. The summed E-state index contributed by atoms with van der Waals surface area (Å²) in [5, 5.41) is 6.76. The first-order valence-corrected chi connectivity index (χ1v) is 8.43. The van der Waals surface area contributed by atoms with Gasteiger partial charge >= 0.3 is 0 Å².